The summed E-state index contributed by atoms with van der Waals surface area (Å²) in [5, 5.41) is 8.55. The molecule has 1 aliphatic heterocycles. The molecule has 1 fully saturated rings. The molecule has 0 saturated carbocycles. The van der Waals surface area contributed by atoms with Crippen molar-refractivity contribution in [1.82, 2.24) is 4.90 Å². The monoisotopic (exact) mass is 305 g/mol. The number of carboxylic acid groups (broad SMARTS) is 1. The SMILES string of the molecule is CCC(=O)N(CCCCCC(=O)O)C1CCS(=O)(=O)C1. The molecule has 1 N–H and O–H groups in total. The van der Waals surface area contributed by atoms with E-state index in [1.54, 1.807) is 11.8 Å². The first-order valence-electron chi connectivity index (χ1n) is 7.07. The van der Waals surface area contributed by atoms with Crippen LogP contribution in [0.2, 0.25) is 0 Å². The van der Waals surface area contributed by atoms with Gasteiger partial charge in [-0.1, -0.05) is 13.3 Å². The smallest absolute Gasteiger partial charge is 0.303 e. The molecule has 1 saturated heterocycles. The fourth-order valence-electron chi connectivity index (χ4n) is 2.47. The molecule has 20 heavy (non-hydrogen) atoms. The van der Waals surface area contributed by atoms with Crippen LogP contribution in [0.25, 0.3) is 0 Å². The maximum atomic E-state index is 11.9. The number of nitrogens with zero attached hydrogens (tertiary/aromatic N) is 1. The lowest BCUT2D eigenvalue weighted by Crippen LogP contribution is -2.41. The fraction of sp³-hybridized carbons (Fsp3) is 0.846. The molecule has 0 bridgehead atoms. The van der Waals surface area contributed by atoms with E-state index in [-0.39, 0.29) is 29.9 Å². The lowest BCUT2D eigenvalue weighted by atomic mass is 10.1. The van der Waals surface area contributed by atoms with Gasteiger partial charge in [-0.05, 0) is 19.3 Å². The number of sulfone groups is 1. The van der Waals surface area contributed by atoms with Crippen molar-refractivity contribution in [1.29, 1.82) is 0 Å². The van der Waals surface area contributed by atoms with Crippen LogP contribution in [0, 0.1) is 0 Å². The highest BCUT2D eigenvalue weighted by Crippen LogP contribution is 2.19. The number of rotatable bonds is 8. The number of hydrogen-bond acceptors (Lipinski definition) is 4. The predicted molar refractivity (Wildman–Crippen MR) is 75.2 cm³/mol. The second-order valence-electron chi connectivity index (χ2n) is 5.20. The molecule has 116 valence electrons. The van der Waals surface area contributed by atoms with E-state index < -0.39 is 15.8 Å². The van der Waals surface area contributed by atoms with Crippen LogP contribution >= 0.6 is 0 Å². The van der Waals surface area contributed by atoms with Gasteiger partial charge >= 0.3 is 5.97 Å². The Hall–Kier alpha value is -1.11. The molecule has 1 atom stereocenters. The van der Waals surface area contributed by atoms with E-state index >= 15 is 0 Å². The zero-order valence-electron chi connectivity index (χ0n) is 11.9. The summed E-state index contributed by atoms with van der Waals surface area (Å²) in [5.41, 5.74) is 0. The quantitative estimate of drug-likeness (QED) is 0.677. The molecule has 0 aliphatic carbocycles. The summed E-state index contributed by atoms with van der Waals surface area (Å²) < 4.78 is 23.0. The normalized spacial score (nSPS) is 20.8. The third kappa shape index (κ3) is 5.48. The average Bonchev–Trinajstić information content (AvgIpc) is 2.72. The number of carbonyl (C=O) groups is 2. The summed E-state index contributed by atoms with van der Waals surface area (Å²) in [6.45, 7) is 2.29. The third-order valence-corrected chi connectivity index (χ3v) is 5.31. The lowest BCUT2D eigenvalue weighted by Gasteiger charge is -2.28. The summed E-state index contributed by atoms with van der Waals surface area (Å²) in [6, 6.07) is -0.202. The third-order valence-electron chi connectivity index (χ3n) is 3.56. The number of carboxylic acids is 1. The van der Waals surface area contributed by atoms with E-state index in [9.17, 15) is 18.0 Å². The highest BCUT2D eigenvalue weighted by molar-refractivity contribution is 7.91. The van der Waals surface area contributed by atoms with Crippen molar-refractivity contribution in [3.63, 3.8) is 0 Å². The van der Waals surface area contributed by atoms with Crippen LogP contribution in [0.5, 0.6) is 0 Å². The van der Waals surface area contributed by atoms with Gasteiger partial charge in [0.05, 0.1) is 11.5 Å². The van der Waals surface area contributed by atoms with Gasteiger partial charge in [0.15, 0.2) is 9.84 Å². The number of aliphatic carboxylic acids is 1. The lowest BCUT2D eigenvalue weighted by molar-refractivity contribution is -0.137. The number of unbranched alkanes of at least 4 members (excludes halogenated alkanes) is 2. The molecule has 0 aromatic carbocycles. The van der Waals surface area contributed by atoms with Crippen LogP contribution in [0.4, 0.5) is 0 Å². The highest BCUT2D eigenvalue weighted by atomic mass is 32.2. The minimum absolute atomic E-state index is 0.0228. The summed E-state index contributed by atoms with van der Waals surface area (Å²) in [4.78, 5) is 24.0. The van der Waals surface area contributed by atoms with Gasteiger partial charge < -0.3 is 10.0 Å². The maximum Gasteiger partial charge on any atom is 0.303 e. The zero-order valence-corrected chi connectivity index (χ0v) is 12.7. The van der Waals surface area contributed by atoms with Crippen molar-refractivity contribution in [2.45, 2.75) is 51.5 Å². The molecule has 7 heteroatoms. The summed E-state index contributed by atoms with van der Waals surface area (Å²) in [5.74, 6) is -0.614. The van der Waals surface area contributed by atoms with Crippen LogP contribution < -0.4 is 0 Å². The Morgan fingerprint density at radius 2 is 1.95 bits per heavy atom. The minimum atomic E-state index is -3.00. The molecule has 6 nitrogen and oxygen atoms in total. The van der Waals surface area contributed by atoms with E-state index in [0.29, 0.717) is 25.8 Å². The first-order chi connectivity index (χ1) is 9.35. The van der Waals surface area contributed by atoms with Gasteiger partial charge in [-0.3, -0.25) is 9.59 Å². The molecule has 1 amide bonds. The van der Waals surface area contributed by atoms with Crippen molar-refractivity contribution in [3.8, 4) is 0 Å². The topological polar surface area (TPSA) is 91.8 Å². The van der Waals surface area contributed by atoms with Gasteiger partial charge in [0.25, 0.3) is 0 Å². The van der Waals surface area contributed by atoms with E-state index in [1.165, 1.54) is 0 Å². The van der Waals surface area contributed by atoms with Gasteiger partial charge in [0.1, 0.15) is 0 Å². The van der Waals surface area contributed by atoms with Crippen molar-refractivity contribution in [2.75, 3.05) is 18.1 Å². The Balaban J connectivity index is 2.45. The Labute approximate surface area is 120 Å². The Bertz CT molecular complexity index is 446. The maximum absolute atomic E-state index is 11.9. The molecule has 0 aromatic rings. The van der Waals surface area contributed by atoms with Crippen LogP contribution in [-0.4, -0.2) is 54.4 Å². The van der Waals surface area contributed by atoms with Crippen molar-refractivity contribution in [3.05, 3.63) is 0 Å². The Morgan fingerprint density at radius 1 is 1.25 bits per heavy atom. The predicted octanol–water partition coefficient (Wildman–Crippen LogP) is 1.06. The molecular formula is C13H23NO5S. The molecule has 0 aromatic heterocycles. The van der Waals surface area contributed by atoms with Gasteiger partial charge in [-0.25, -0.2) is 8.42 Å². The fourth-order valence-corrected chi connectivity index (χ4v) is 4.20. The Kier molecular flexibility index (Phi) is 6.45. The van der Waals surface area contributed by atoms with Gasteiger partial charge in [-0.15, -0.1) is 0 Å². The molecule has 0 spiro atoms. The largest absolute Gasteiger partial charge is 0.481 e. The molecule has 0 radical (unpaired) electrons. The van der Waals surface area contributed by atoms with Crippen molar-refractivity contribution in [2.24, 2.45) is 0 Å². The van der Waals surface area contributed by atoms with E-state index in [0.717, 1.165) is 12.8 Å². The van der Waals surface area contributed by atoms with E-state index in [2.05, 4.69) is 0 Å². The summed E-state index contributed by atoms with van der Waals surface area (Å²) in [7, 11) is -3.00. The number of hydrogen-bond donors (Lipinski definition) is 1. The van der Waals surface area contributed by atoms with E-state index in [4.69, 9.17) is 5.11 Å². The van der Waals surface area contributed by atoms with Crippen molar-refractivity contribution >= 4 is 21.7 Å². The van der Waals surface area contributed by atoms with Gasteiger partial charge in [0.2, 0.25) is 5.91 Å². The van der Waals surface area contributed by atoms with Crippen molar-refractivity contribution < 1.29 is 23.1 Å². The first kappa shape index (κ1) is 16.9. The zero-order chi connectivity index (χ0) is 15.2. The highest BCUT2D eigenvalue weighted by Gasteiger charge is 2.33. The Morgan fingerprint density at radius 3 is 2.45 bits per heavy atom. The average molecular weight is 305 g/mol. The number of amides is 1. The number of carbonyl (C=O) groups excluding carboxylic acids is 1. The summed E-state index contributed by atoms with van der Waals surface area (Å²) in [6.07, 6.45) is 3.07. The van der Waals surface area contributed by atoms with E-state index in [1.807, 2.05) is 0 Å². The standard InChI is InChI=1S/C13H23NO5S/c1-2-12(15)14(8-5-3-4-6-13(16)17)11-7-9-20(18,19)10-11/h11H,2-10H2,1H3,(H,16,17). The molecular weight excluding hydrogens is 282 g/mol. The molecule has 1 heterocycles. The first-order valence-corrected chi connectivity index (χ1v) is 8.89. The van der Waals surface area contributed by atoms with Crippen LogP contribution in [0.1, 0.15) is 45.4 Å². The van der Waals surface area contributed by atoms with Crippen LogP contribution in [-0.2, 0) is 19.4 Å². The van der Waals surface area contributed by atoms with Crippen LogP contribution in [0.15, 0.2) is 0 Å². The summed E-state index contributed by atoms with van der Waals surface area (Å²) >= 11 is 0. The second-order valence-corrected chi connectivity index (χ2v) is 7.43. The van der Waals surface area contributed by atoms with Crippen LogP contribution in [0.3, 0.4) is 0 Å². The molecule has 1 aliphatic rings. The minimum Gasteiger partial charge on any atom is -0.481 e. The van der Waals surface area contributed by atoms with Gasteiger partial charge in [0, 0.05) is 25.4 Å². The van der Waals surface area contributed by atoms with Gasteiger partial charge in [-0.2, -0.15) is 0 Å². The molecule has 1 rings (SSSR count). The second kappa shape index (κ2) is 7.61. The molecule has 1 unspecified atom stereocenters.